The molecule has 1 rings (SSSR count). The first-order chi connectivity index (χ1) is 8.58. The van der Waals surface area contributed by atoms with Crippen LogP contribution in [0.1, 0.15) is 12.5 Å². The molecule has 1 unspecified atom stereocenters. The molecular formula is C10H11ClF3NO3S. The van der Waals surface area contributed by atoms with Gasteiger partial charge in [0.1, 0.15) is 5.25 Å². The summed E-state index contributed by atoms with van der Waals surface area (Å²) in [4.78, 5) is 0. The minimum absolute atomic E-state index is 0.165. The summed E-state index contributed by atoms with van der Waals surface area (Å²) < 4.78 is 62.7. The van der Waals surface area contributed by atoms with Crippen molar-refractivity contribution in [2.45, 2.75) is 18.3 Å². The molecule has 9 heteroatoms. The third kappa shape index (κ3) is 3.99. The Labute approximate surface area is 113 Å². The number of rotatable bonds is 4. The zero-order valence-corrected chi connectivity index (χ0v) is 11.3. The Kier molecular flexibility index (Phi) is 4.70. The summed E-state index contributed by atoms with van der Waals surface area (Å²) >= 11 is 5.64. The monoisotopic (exact) mass is 317 g/mol. The van der Waals surface area contributed by atoms with Gasteiger partial charge in [0.15, 0.2) is 0 Å². The SMILES string of the molecule is CC(CO)S(=O)(=O)Nc1cc(C(F)(F)F)ccc1Cl. The van der Waals surface area contributed by atoms with Gasteiger partial charge in [-0.05, 0) is 25.1 Å². The number of sulfonamides is 1. The molecule has 0 spiro atoms. The molecule has 1 aromatic carbocycles. The number of aliphatic hydroxyl groups is 1. The molecular weight excluding hydrogens is 307 g/mol. The van der Waals surface area contributed by atoms with Gasteiger partial charge in [-0.3, -0.25) is 4.72 Å². The van der Waals surface area contributed by atoms with Crippen molar-refractivity contribution < 1.29 is 26.7 Å². The van der Waals surface area contributed by atoms with Crippen molar-refractivity contribution in [1.29, 1.82) is 0 Å². The third-order valence-corrected chi connectivity index (χ3v) is 4.38. The van der Waals surface area contributed by atoms with Crippen molar-refractivity contribution in [2.24, 2.45) is 0 Å². The Morgan fingerprint density at radius 2 is 2.00 bits per heavy atom. The Balaban J connectivity index is 3.15. The maximum absolute atomic E-state index is 12.5. The maximum atomic E-state index is 12.5. The van der Waals surface area contributed by atoms with Gasteiger partial charge in [0.05, 0.1) is 22.9 Å². The lowest BCUT2D eigenvalue weighted by Crippen LogP contribution is -2.28. The fraction of sp³-hybridized carbons (Fsp3) is 0.400. The van der Waals surface area contributed by atoms with Gasteiger partial charge in [-0.25, -0.2) is 8.42 Å². The van der Waals surface area contributed by atoms with Crippen LogP contribution in [0.4, 0.5) is 18.9 Å². The van der Waals surface area contributed by atoms with E-state index in [0.717, 1.165) is 12.1 Å². The number of alkyl halides is 3. The number of halogens is 4. The summed E-state index contributed by atoms with van der Waals surface area (Å²) in [5.41, 5.74) is -1.40. The Hall–Kier alpha value is -0.990. The second-order valence-corrected chi connectivity index (χ2v) is 6.34. The van der Waals surface area contributed by atoms with Crippen molar-refractivity contribution in [3.63, 3.8) is 0 Å². The number of hydrogen-bond acceptors (Lipinski definition) is 3. The van der Waals surface area contributed by atoms with Crippen LogP contribution in [0.2, 0.25) is 5.02 Å². The van der Waals surface area contributed by atoms with E-state index >= 15 is 0 Å². The fourth-order valence-electron chi connectivity index (χ4n) is 1.13. The van der Waals surface area contributed by atoms with Crippen LogP contribution in [0.25, 0.3) is 0 Å². The lowest BCUT2D eigenvalue weighted by Gasteiger charge is -2.15. The Bertz CT molecular complexity index is 560. The molecule has 0 aromatic heterocycles. The van der Waals surface area contributed by atoms with Gasteiger partial charge in [-0.15, -0.1) is 0 Å². The second-order valence-electron chi connectivity index (χ2n) is 3.83. The van der Waals surface area contributed by atoms with E-state index in [2.05, 4.69) is 0 Å². The molecule has 0 saturated carbocycles. The number of hydrogen-bond donors (Lipinski definition) is 2. The molecule has 0 bridgehead atoms. The molecule has 0 saturated heterocycles. The predicted octanol–water partition coefficient (Wildman–Crippen LogP) is 2.48. The van der Waals surface area contributed by atoms with Gasteiger partial charge >= 0.3 is 6.18 Å². The first-order valence-corrected chi connectivity index (χ1v) is 6.99. The quantitative estimate of drug-likeness (QED) is 0.896. The summed E-state index contributed by atoms with van der Waals surface area (Å²) in [5.74, 6) is 0. The van der Waals surface area contributed by atoms with Crippen LogP contribution in [-0.2, 0) is 16.2 Å². The lowest BCUT2D eigenvalue weighted by atomic mass is 10.2. The maximum Gasteiger partial charge on any atom is 0.416 e. The van der Waals surface area contributed by atoms with Gasteiger partial charge in [0.25, 0.3) is 0 Å². The standard InChI is InChI=1S/C10H11ClF3NO3S/c1-6(5-16)19(17,18)15-9-4-7(10(12,13)14)2-3-8(9)11/h2-4,6,15-16H,5H2,1H3. The van der Waals surface area contributed by atoms with Crippen LogP contribution >= 0.6 is 11.6 Å². The third-order valence-electron chi connectivity index (χ3n) is 2.33. The van der Waals surface area contributed by atoms with Crippen molar-refractivity contribution in [3.8, 4) is 0 Å². The molecule has 2 N–H and O–H groups in total. The molecule has 1 atom stereocenters. The van der Waals surface area contributed by atoms with Crippen molar-refractivity contribution in [1.82, 2.24) is 0 Å². The average Bonchev–Trinajstić information content (AvgIpc) is 2.29. The van der Waals surface area contributed by atoms with Gasteiger partial charge < -0.3 is 5.11 Å². The molecule has 19 heavy (non-hydrogen) atoms. The minimum atomic E-state index is -4.60. The van der Waals surface area contributed by atoms with Crippen LogP contribution in [0.15, 0.2) is 18.2 Å². The van der Waals surface area contributed by atoms with Crippen molar-refractivity contribution >= 4 is 27.3 Å². The molecule has 0 aliphatic carbocycles. The lowest BCUT2D eigenvalue weighted by molar-refractivity contribution is -0.137. The normalized spacial score (nSPS) is 14.2. The highest BCUT2D eigenvalue weighted by Crippen LogP contribution is 2.34. The second kappa shape index (κ2) is 5.56. The Morgan fingerprint density at radius 3 is 2.47 bits per heavy atom. The summed E-state index contributed by atoms with van der Waals surface area (Å²) in [6.45, 7) is 0.551. The molecule has 108 valence electrons. The van der Waals surface area contributed by atoms with E-state index in [1.54, 1.807) is 0 Å². The van der Waals surface area contributed by atoms with Crippen LogP contribution in [-0.4, -0.2) is 25.4 Å². The average molecular weight is 318 g/mol. The van der Waals surface area contributed by atoms with Gasteiger partial charge in [0.2, 0.25) is 10.0 Å². The van der Waals surface area contributed by atoms with E-state index < -0.39 is 33.6 Å². The zero-order chi connectivity index (χ0) is 14.8. The summed E-state index contributed by atoms with van der Waals surface area (Å²) in [6, 6.07) is 2.30. The summed E-state index contributed by atoms with van der Waals surface area (Å²) in [7, 11) is -4.00. The molecule has 0 aliphatic rings. The van der Waals surface area contributed by atoms with E-state index in [9.17, 15) is 21.6 Å². The van der Waals surface area contributed by atoms with Gasteiger partial charge in [0, 0.05) is 0 Å². The van der Waals surface area contributed by atoms with Crippen LogP contribution < -0.4 is 4.72 Å². The van der Waals surface area contributed by atoms with Crippen LogP contribution in [0, 0.1) is 0 Å². The molecule has 1 aromatic rings. The first-order valence-electron chi connectivity index (χ1n) is 5.07. The predicted molar refractivity (Wildman–Crippen MR) is 65.5 cm³/mol. The molecule has 0 radical (unpaired) electrons. The number of benzene rings is 1. The molecule has 0 heterocycles. The van der Waals surface area contributed by atoms with Crippen LogP contribution in [0.3, 0.4) is 0 Å². The number of anilines is 1. The zero-order valence-electron chi connectivity index (χ0n) is 9.70. The Morgan fingerprint density at radius 1 is 1.42 bits per heavy atom. The smallest absolute Gasteiger partial charge is 0.395 e. The largest absolute Gasteiger partial charge is 0.416 e. The molecule has 0 amide bonds. The van der Waals surface area contributed by atoms with E-state index in [1.807, 2.05) is 4.72 Å². The van der Waals surface area contributed by atoms with E-state index in [1.165, 1.54) is 6.92 Å². The topological polar surface area (TPSA) is 66.4 Å². The molecule has 0 fully saturated rings. The van der Waals surface area contributed by atoms with Gasteiger partial charge in [-0.1, -0.05) is 11.6 Å². The minimum Gasteiger partial charge on any atom is -0.395 e. The molecule has 4 nitrogen and oxygen atoms in total. The molecule has 0 aliphatic heterocycles. The van der Waals surface area contributed by atoms with Crippen molar-refractivity contribution in [3.05, 3.63) is 28.8 Å². The van der Waals surface area contributed by atoms with Crippen LogP contribution in [0.5, 0.6) is 0 Å². The fourth-order valence-corrected chi connectivity index (χ4v) is 2.23. The highest BCUT2D eigenvalue weighted by atomic mass is 35.5. The van der Waals surface area contributed by atoms with Crippen molar-refractivity contribution in [2.75, 3.05) is 11.3 Å². The van der Waals surface area contributed by atoms with Gasteiger partial charge in [-0.2, -0.15) is 13.2 Å². The summed E-state index contributed by atoms with van der Waals surface area (Å²) in [5, 5.41) is 7.44. The van der Waals surface area contributed by atoms with E-state index in [4.69, 9.17) is 16.7 Å². The number of nitrogens with one attached hydrogen (secondary N) is 1. The first kappa shape index (κ1) is 16.1. The highest BCUT2D eigenvalue weighted by Gasteiger charge is 2.31. The number of aliphatic hydroxyl groups excluding tert-OH is 1. The summed E-state index contributed by atoms with van der Waals surface area (Å²) in [6.07, 6.45) is -4.60. The highest BCUT2D eigenvalue weighted by molar-refractivity contribution is 7.93. The van der Waals surface area contributed by atoms with E-state index in [-0.39, 0.29) is 10.7 Å². The van der Waals surface area contributed by atoms with E-state index in [0.29, 0.717) is 6.07 Å².